The van der Waals surface area contributed by atoms with Crippen molar-refractivity contribution in [3.63, 3.8) is 0 Å². The number of hydrogen-bond acceptors (Lipinski definition) is 0. The number of benzene rings is 11. The van der Waals surface area contributed by atoms with Crippen molar-refractivity contribution in [3.8, 4) is 78.1 Å². The maximum atomic E-state index is 2.46. The summed E-state index contributed by atoms with van der Waals surface area (Å²) in [6.07, 6.45) is 0. The number of rotatable bonds is 8. The molecule has 2 nitrogen and oxygen atoms in total. The Labute approximate surface area is 395 Å². The number of nitrogens with zero attached hydrogens (tertiary/aromatic N) is 2. The summed E-state index contributed by atoms with van der Waals surface area (Å²) in [5.41, 5.74) is 21.4. The van der Waals surface area contributed by atoms with Crippen LogP contribution in [0.5, 0.6) is 0 Å². The highest BCUT2D eigenvalue weighted by Crippen LogP contribution is 2.43. The summed E-state index contributed by atoms with van der Waals surface area (Å²) in [7, 11) is 0. The van der Waals surface area contributed by atoms with E-state index in [1.54, 1.807) is 0 Å². The third-order valence-corrected chi connectivity index (χ3v) is 13.7. The van der Waals surface area contributed by atoms with Gasteiger partial charge in [0.25, 0.3) is 0 Å². The molecule has 0 bridgehead atoms. The predicted molar refractivity (Wildman–Crippen MR) is 288 cm³/mol. The number of para-hydroxylation sites is 1. The molecule has 0 aliphatic heterocycles. The van der Waals surface area contributed by atoms with Gasteiger partial charge in [-0.25, -0.2) is 0 Å². The van der Waals surface area contributed by atoms with Crippen molar-refractivity contribution in [1.29, 1.82) is 0 Å². The molecule has 0 atom stereocenters. The Kier molecular flexibility index (Phi) is 9.54. The van der Waals surface area contributed by atoms with Gasteiger partial charge in [0, 0.05) is 32.8 Å². The second-order valence-corrected chi connectivity index (χ2v) is 17.7. The smallest absolute Gasteiger partial charge is 0.0547 e. The van der Waals surface area contributed by atoms with Crippen molar-refractivity contribution in [3.05, 3.63) is 267 Å². The van der Waals surface area contributed by atoms with Gasteiger partial charge in [0.1, 0.15) is 0 Å². The molecule has 13 aromatic rings. The SMILES string of the molecule is c1ccc(-c2cccc(-n3c4ccc(-c5ccc(-c6ccc7c(c6)c6ccccc6n7-c6cc(-c7ccccc7)ccc6-c6ccccc6)cc5)cc4c4c(-c5ccccc5)cccc43)c2)cc1. The van der Waals surface area contributed by atoms with Gasteiger partial charge in [-0.15, -0.1) is 0 Å². The van der Waals surface area contributed by atoms with Gasteiger partial charge < -0.3 is 9.13 Å². The van der Waals surface area contributed by atoms with Crippen molar-refractivity contribution in [1.82, 2.24) is 9.13 Å². The van der Waals surface area contributed by atoms with Crippen LogP contribution in [0.4, 0.5) is 0 Å². The van der Waals surface area contributed by atoms with E-state index in [-0.39, 0.29) is 0 Å². The molecule has 0 aliphatic rings. The fourth-order valence-electron chi connectivity index (χ4n) is 10.5. The van der Waals surface area contributed by atoms with Crippen LogP contribution in [-0.4, -0.2) is 9.13 Å². The van der Waals surface area contributed by atoms with Gasteiger partial charge >= 0.3 is 0 Å². The average Bonchev–Trinajstić information content (AvgIpc) is 3.94. The van der Waals surface area contributed by atoms with E-state index in [1.807, 2.05) is 0 Å². The molecule has 0 unspecified atom stereocenters. The minimum Gasteiger partial charge on any atom is -0.309 e. The largest absolute Gasteiger partial charge is 0.309 e. The molecule has 0 saturated heterocycles. The Bertz CT molecular complexity index is 3980. The Hall–Kier alpha value is -8.98. The van der Waals surface area contributed by atoms with E-state index < -0.39 is 0 Å². The molecule has 0 N–H and O–H groups in total. The molecule has 318 valence electrons. The van der Waals surface area contributed by atoms with E-state index in [9.17, 15) is 0 Å². The van der Waals surface area contributed by atoms with Crippen LogP contribution >= 0.6 is 0 Å². The summed E-state index contributed by atoms with van der Waals surface area (Å²) in [5, 5.41) is 4.96. The standard InChI is InChI=1S/C66H44N2/c1-5-17-45(18-6-1)51-25-15-26-55(41-51)67-63-40-37-53(43-60(63)66-57(28-16-30-64(66)67)50-23-11-4-12-24-50)48-33-31-47(32-34-48)52-36-39-62-59(42-52)58-27-13-14-29-61(58)68(62)65-44-54(46-19-7-2-8-20-46)35-38-56(65)49-21-9-3-10-22-49/h1-44H. The molecular formula is C66H44N2. The Balaban J connectivity index is 0.918. The molecule has 13 rings (SSSR count). The van der Waals surface area contributed by atoms with Crippen molar-refractivity contribution in [2.75, 3.05) is 0 Å². The normalized spacial score (nSPS) is 11.5. The Morgan fingerprint density at radius 2 is 0.632 bits per heavy atom. The van der Waals surface area contributed by atoms with Crippen molar-refractivity contribution in [2.24, 2.45) is 0 Å². The zero-order chi connectivity index (χ0) is 45.0. The van der Waals surface area contributed by atoms with E-state index in [0.717, 1.165) is 11.4 Å². The lowest BCUT2D eigenvalue weighted by molar-refractivity contribution is 1.18. The van der Waals surface area contributed by atoms with Crippen LogP contribution < -0.4 is 0 Å². The van der Waals surface area contributed by atoms with E-state index in [4.69, 9.17) is 0 Å². The summed E-state index contributed by atoms with van der Waals surface area (Å²) in [4.78, 5) is 0. The lowest BCUT2D eigenvalue weighted by atomic mass is 9.96. The number of hydrogen-bond donors (Lipinski definition) is 0. The van der Waals surface area contributed by atoms with Crippen LogP contribution in [0.15, 0.2) is 267 Å². The van der Waals surface area contributed by atoms with Crippen LogP contribution in [0.3, 0.4) is 0 Å². The highest BCUT2D eigenvalue weighted by atomic mass is 15.0. The molecule has 0 saturated carbocycles. The lowest BCUT2D eigenvalue weighted by Crippen LogP contribution is -1.98. The van der Waals surface area contributed by atoms with Gasteiger partial charge in [0.15, 0.2) is 0 Å². The van der Waals surface area contributed by atoms with E-state index in [2.05, 4.69) is 276 Å². The molecule has 0 aliphatic carbocycles. The fraction of sp³-hybridized carbons (Fsp3) is 0. The third-order valence-electron chi connectivity index (χ3n) is 13.7. The second kappa shape index (κ2) is 16.5. The zero-order valence-corrected chi connectivity index (χ0v) is 37.3. The number of fused-ring (bicyclic) bond motifs is 6. The lowest BCUT2D eigenvalue weighted by Gasteiger charge is -2.16. The van der Waals surface area contributed by atoms with Crippen LogP contribution in [-0.2, 0) is 0 Å². The third kappa shape index (κ3) is 6.73. The molecule has 68 heavy (non-hydrogen) atoms. The van der Waals surface area contributed by atoms with E-state index in [0.29, 0.717) is 0 Å². The average molecular weight is 865 g/mol. The summed E-state index contributed by atoms with van der Waals surface area (Å²) in [6, 6.07) is 97.4. The first-order valence-electron chi connectivity index (χ1n) is 23.4. The minimum absolute atomic E-state index is 1.14. The van der Waals surface area contributed by atoms with Crippen LogP contribution in [0.2, 0.25) is 0 Å². The topological polar surface area (TPSA) is 9.86 Å². The monoisotopic (exact) mass is 864 g/mol. The summed E-state index contributed by atoms with van der Waals surface area (Å²) >= 11 is 0. The van der Waals surface area contributed by atoms with Gasteiger partial charge in [-0.2, -0.15) is 0 Å². The van der Waals surface area contributed by atoms with Crippen molar-refractivity contribution >= 4 is 43.6 Å². The van der Waals surface area contributed by atoms with Crippen LogP contribution in [0.25, 0.3) is 122 Å². The fourth-order valence-corrected chi connectivity index (χ4v) is 10.5. The quantitative estimate of drug-likeness (QED) is 0.144. The summed E-state index contributed by atoms with van der Waals surface area (Å²) in [5.74, 6) is 0. The molecule has 11 aromatic carbocycles. The van der Waals surface area contributed by atoms with E-state index >= 15 is 0 Å². The second-order valence-electron chi connectivity index (χ2n) is 17.7. The van der Waals surface area contributed by atoms with Gasteiger partial charge in [-0.05, 0) is 116 Å². The van der Waals surface area contributed by atoms with Crippen LogP contribution in [0.1, 0.15) is 0 Å². The minimum atomic E-state index is 1.14. The molecule has 0 spiro atoms. The first-order chi connectivity index (χ1) is 33.7. The molecule has 2 heterocycles. The Morgan fingerprint density at radius 3 is 1.28 bits per heavy atom. The van der Waals surface area contributed by atoms with Gasteiger partial charge in [0.05, 0.1) is 27.8 Å². The van der Waals surface area contributed by atoms with Gasteiger partial charge in [-0.1, -0.05) is 212 Å². The maximum Gasteiger partial charge on any atom is 0.0547 e. The number of aromatic nitrogens is 2. The molecule has 0 radical (unpaired) electrons. The van der Waals surface area contributed by atoms with Gasteiger partial charge in [-0.3, -0.25) is 0 Å². The van der Waals surface area contributed by atoms with Crippen molar-refractivity contribution in [2.45, 2.75) is 0 Å². The first-order valence-corrected chi connectivity index (χ1v) is 23.4. The summed E-state index contributed by atoms with van der Waals surface area (Å²) in [6.45, 7) is 0. The first kappa shape index (κ1) is 39.4. The maximum absolute atomic E-state index is 2.46. The summed E-state index contributed by atoms with van der Waals surface area (Å²) < 4.78 is 4.90. The molecule has 0 fully saturated rings. The molecule has 2 aromatic heterocycles. The highest BCUT2D eigenvalue weighted by molar-refractivity contribution is 6.17. The van der Waals surface area contributed by atoms with Crippen LogP contribution in [0, 0.1) is 0 Å². The molecule has 2 heteroatoms. The van der Waals surface area contributed by atoms with Crippen molar-refractivity contribution < 1.29 is 0 Å². The Morgan fingerprint density at radius 1 is 0.206 bits per heavy atom. The highest BCUT2D eigenvalue weighted by Gasteiger charge is 2.20. The van der Waals surface area contributed by atoms with Gasteiger partial charge in [0.2, 0.25) is 0 Å². The zero-order valence-electron chi connectivity index (χ0n) is 37.3. The van der Waals surface area contributed by atoms with E-state index in [1.165, 1.54) is 110 Å². The predicted octanol–water partition coefficient (Wildman–Crippen LogP) is 17.9. The molecule has 0 amide bonds. The molecular weight excluding hydrogens is 821 g/mol.